The van der Waals surface area contributed by atoms with E-state index in [2.05, 4.69) is 16.9 Å². The lowest BCUT2D eigenvalue weighted by atomic mass is 10.7. The van der Waals surface area contributed by atoms with Gasteiger partial charge in [-0.1, -0.05) is 0 Å². The van der Waals surface area contributed by atoms with Crippen LogP contribution in [0.1, 0.15) is 6.92 Å². The number of ether oxygens (including phenoxy) is 5. The summed E-state index contributed by atoms with van der Waals surface area (Å²) in [4.78, 5) is 10.0. The molecule has 0 aromatic rings. The summed E-state index contributed by atoms with van der Waals surface area (Å²) in [6.07, 6.45) is 4.30. The molecule has 110 valence electrons. The third-order valence-corrected chi connectivity index (χ3v) is 1.66. The average Bonchev–Trinajstić information content (AvgIpc) is 2.39. The van der Waals surface area contributed by atoms with Gasteiger partial charge in [0.2, 0.25) is 0 Å². The molecule has 0 fully saturated rings. The van der Waals surface area contributed by atoms with Crippen molar-refractivity contribution in [3.63, 3.8) is 0 Å². The van der Waals surface area contributed by atoms with Crippen LogP contribution in [0.2, 0.25) is 0 Å². The van der Waals surface area contributed by atoms with Crippen molar-refractivity contribution in [2.75, 3.05) is 52.9 Å². The molecule has 0 unspecified atom stereocenters. The van der Waals surface area contributed by atoms with Crippen molar-refractivity contribution >= 4 is 5.97 Å². The fraction of sp³-hybridized carbons (Fsp3) is 0.750. The zero-order valence-electron chi connectivity index (χ0n) is 11.1. The first-order valence-corrected chi connectivity index (χ1v) is 5.96. The first-order chi connectivity index (χ1) is 9.27. The molecule has 0 saturated carbocycles. The Morgan fingerprint density at radius 2 is 1.42 bits per heavy atom. The van der Waals surface area contributed by atoms with E-state index in [4.69, 9.17) is 24.1 Å². The predicted molar refractivity (Wildman–Crippen MR) is 65.4 cm³/mol. The van der Waals surface area contributed by atoms with Gasteiger partial charge in [0.1, 0.15) is 6.61 Å². The lowest BCUT2D eigenvalue weighted by Crippen LogP contribution is -2.11. The van der Waals surface area contributed by atoms with E-state index >= 15 is 0 Å². The van der Waals surface area contributed by atoms with Gasteiger partial charge in [0, 0.05) is 6.61 Å². The summed E-state index contributed by atoms with van der Waals surface area (Å²) in [5, 5.41) is 8.23. The molecule has 0 bridgehead atoms. The zero-order valence-corrected chi connectivity index (χ0v) is 11.1. The van der Waals surface area contributed by atoms with Crippen LogP contribution in [0.3, 0.4) is 0 Å². The molecule has 7 nitrogen and oxygen atoms in total. The molecule has 0 heterocycles. The lowest BCUT2D eigenvalue weighted by Gasteiger charge is -2.05. The van der Waals surface area contributed by atoms with Crippen LogP contribution in [0.5, 0.6) is 0 Å². The number of carbonyl (C=O) groups is 1. The quantitative estimate of drug-likeness (QED) is 0.399. The second-order valence-electron chi connectivity index (χ2n) is 3.16. The fourth-order valence-corrected chi connectivity index (χ4v) is 0.893. The van der Waals surface area contributed by atoms with Crippen LogP contribution >= 0.6 is 0 Å². The monoisotopic (exact) mass is 276 g/mol. The van der Waals surface area contributed by atoms with Crippen molar-refractivity contribution in [3.8, 4) is 12.2 Å². The third-order valence-electron chi connectivity index (χ3n) is 1.66. The van der Waals surface area contributed by atoms with E-state index in [1.807, 2.05) is 6.92 Å². The van der Waals surface area contributed by atoms with Crippen LogP contribution in [0.15, 0.2) is 0 Å². The first-order valence-electron chi connectivity index (χ1n) is 5.96. The van der Waals surface area contributed by atoms with Crippen LogP contribution in [-0.2, 0) is 28.5 Å². The largest absolute Gasteiger partial charge is 0.479 e. The van der Waals surface area contributed by atoms with Gasteiger partial charge >= 0.3 is 5.97 Å². The molecule has 0 radical (unpaired) electrons. The van der Waals surface area contributed by atoms with Gasteiger partial charge in [-0.3, -0.25) is 0 Å². The molecular formula is C12H20O7. The number of aliphatic carboxylic acids is 1. The van der Waals surface area contributed by atoms with E-state index in [9.17, 15) is 4.79 Å². The maximum atomic E-state index is 10.0. The normalized spacial score (nSPS) is 9.53. The predicted octanol–water partition coefficient (Wildman–Crippen LogP) is 0.0923. The van der Waals surface area contributed by atoms with Gasteiger partial charge in [0.25, 0.3) is 0 Å². The summed E-state index contributed by atoms with van der Waals surface area (Å²) in [7, 11) is 0. The van der Waals surface area contributed by atoms with Crippen molar-refractivity contribution in [1.82, 2.24) is 0 Å². The third kappa shape index (κ3) is 16.5. The Morgan fingerprint density at radius 3 is 2.00 bits per heavy atom. The van der Waals surface area contributed by atoms with E-state index in [0.29, 0.717) is 39.6 Å². The second-order valence-corrected chi connectivity index (χ2v) is 3.16. The number of rotatable bonds is 12. The molecule has 0 saturated heterocycles. The summed E-state index contributed by atoms with van der Waals surface area (Å²) in [6, 6.07) is 0. The van der Waals surface area contributed by atoms with Crippen LogP contribution in [0.25, 0.3) is 0 Å². The Hall–Kier alpha value is -1.49. The minimum Gasteiger partial charge on any atom is -0.479 e. The summed E-state index contributed by atoms with van der Waals surface area (Å²) in [5.74, 6) is -1.08. The highest BCUT2D eigenvalue weighted by atomic mass is 16.6. The molecule has 1 N–H and O–H groups in total. The van der Waals surface area contributed by atoms with Crippen LogP contribution in [0.4, 0.5) is 0 Å². The van der Waals surface area contributed by atoms with E-state index in [0.717, 1.165) is 0 Å². The molecule has 0 rings (SSSR count). The summed E-state index contributed by atoms with van der Waals surface area (Å²) >= 11 is 0. The SMILES string of the molecule is CCOCCOCCOCCOC#COCC(=O)O. The minimum absolute atomic E-state index is 0.280. The molecule has 0 aromatic carbocycles. The van der Waals surface area contributed by atoms with Gasteiger partial charge in [-0.15, -0.1) is 0 Å². The Morgan fingerprint density at radius 1 is 0.895 bits per heavy atom. The summed E-state index contributed by atoms with van der Waals surface area (Å²) in [6.45, 7) is 4.93. The smallest absolute Gasteiger partial charge is 0.342 e. The zero-order chi connectivity index (χ0) is 14.2. The lowest BCUT2D eigenvalue weighted by molar-refractivity contribution is -0.140. The molecule has 0 amide bonds. The van der Waals surface area contributed by atoms with Crippen LogP contribution < -0.4 is 0 Å². The maximum Gasteiger partial charge on any atom is 0.342 e. The van der Waals surface area contributed by atoms with Gasteiger partial charge in [-0.25, -0.2) is 4.79 Å². The molecule has 0 aliphatic carbocycles. The highest BCUT2D eigenvalue weighted by molar-refractivity contribution is 5.68. The number of hydrogen-bond donors (Lipinski definition) is 1. The summed E-state index contributed by atoms with van der Waals surface area (Å²) < 4.78 is 24.7. The minimum atomic E-state index is -1.08. The number of carboxylic acid groups (broad SMARTS) is 1. The summed E-state index contributed by atoms with van der Waals surface area (Å²) in [5.41, 5.74) is 0. The molecule has 7 heteroatoms. The Balaban J connectivity index is 3.08. The van der Waals surface area contributed by atoms with E-state index in [1.54, 1.807) is 0 Å². The standard InChI is InChI=1S/C12H20O7/c1-2-15-3-4-16-5-6-17-7-8-18-9-10-19-11-12(13)14/h2-8,11H2,1H3,(H,13,14). The van der Waals surface area contributed by atoms with Gasteiger partial charge in [-0.05, 0) is 6.92 Å². The van der Waals surface area contributed by atoms with E-state index in [-0.39, 0.29) is 6.61 Å². The Labute approximate surface area is 112 Å². The van der Waals surface area contributed by atoms with E-state index < -0.39 is 12.6 Å². The Bertz CT molecular complexity index is 269. The van der Waals surface area contributed by atoms with Gasteiger partial charge in [0.15, 0.2) is 18.8 Å². The van der Waals surface area contributed by atoms with Crippen LogP contribution in [0, 0.1) is 12.2 Å². The van der Waals surface area contributed by atoms with E-state index in [1.165, 1.54) is 0 Å². The molecule has 0 aliphatic heterocycles. The van der Waals surface area contributed by atoms with Crippen molar-refractivity contribution in [1.29, 1.82) is 0 Å². The Kier molecular flexibility index (Phi) is 13.4. The maximum absolute atomic E-state index is 10.0. The molecule has 0 aromatic heterocycles. The number of carboxylic acids is 1. The second kappa shape index (κ2) is 14.6. The topological polar surface area (TPSA) is 83.5 Å². The first kappa shape index (κ1) is 17.5. The fourth-order valence-electron chi connectivity index (χ4n) is 0.893. The molecule has 0 spiro atoms. The highest BCUT2D eigenvalue weighted by Crippen LogP contribution is 1.82. The average molecular weight is 276 g/mol. The van der Waals surface area contributed by atoms with Gasteiger partial charge < -0.3 is 28.8 Å². The van der Waals surface area contributed by atoms with Gasteiger partial charge in [-0.2, -0.15) is 0 Å². The molecule has 0 aliphatic rings. The molecule has 19 heavy (non-hydrogen) atoms. The van der Waals surface area contributed by atoms with Crippen molar-refractivity contribution in [2.24, 2.45) is 0 Å². The molecular weight excluding hydrogens is 256 g/mol. The van der Waals surface area contributed by atoms with Gasteiger partial charge in [0.05, 0.1) is 33.0 Å². The highest BCUT2D eigenvalue weighted by Gasteiger charge is 1.92. The van der Waals surface area contributed by atoms with Crippen LogP contribution in [-0.4, -0.2) is 63.9 Å². The number of hydrogen-bond acceptors (Lipinski definition) is 6. The van der Waals surface area contributed by atoms with Crippen molar-refractivity contribution in [2.45, 2.75) is 6.92 Å². The molecule has 0 atom stereocenters. The van der Waals surface area contributed by atoms with Crippen molar-refractivity contribution in [3.05, 3.63) is 0 Å². The van der Waals surface area contributed by atoms with Crippen molar-refractivity contribution < 1.29 is 33.6 Å².